The number of alkyl halides is 4. The minimum absolute atomic E-state index is 0.0574. The van der Waals surface area contributed by atoms with Crippen LogP contribution in [0.25, 0.3) is 17.1 Å². The van der Waals surface area contributed by atoms with Crippen molar-refractivity contribution in [2.75, 3.05) is 24.7 Å². The van der Waals surface area contributed by atoms with E-state index < -0.39 is 39.7 Å². The molecule has 212 valence electrons. The Morgan fingerprint density at radius 1 is 1.23 bits per heavy atom. The lowest BCUT2D eigenvalue weighted by Gasteiger charge is -2.33. The van der Waals surface area contributed by atoms with E-state index in [-0.39, 0.29) is 37.2 Å². The number of halogens is 5. The van der Waals surface area contributed by atoms with Crippen LogP contribution in [0.5, 0.6) is 0 Å². The number of nitrogens with zero attached hydrogens (tertiary/aromatic N) is 5. The molecule has 2 aromatic heterocycles. The van der Waals surface area contributed by atoms with Crippen LogP contribution in [0.1, 0.15) is 31.4 Å². The van der Waals surface area contributed by atoms with Crippen LogP contribution < -0.4 is 10.6 Å². The molecule has 0 unspecified atom stereocenters. The van der Waals surface area contributed by atoms with Gasteiger partial charge in [0.25, 0.3) is 0 Å². The predicted octanol–water partition coefficient (Wildman–Crippen LogP) is 4.28. The van der Waals surface area contributed by atoms with Crippen LogP contribution in [0.2, 0.25) is 5.02 Å². The van der Waals surface area contributed by atoms with Crippen LogP contribution in [-0.4, -0.2) is 69.8 Å². The summed E-state index contributed by atoms with van der Waals surface area (Å²) in [4.78, 5) is 11.9. The third-order valence-corrected chi connectivity index (χ3v) is 7.78. The number of hydrogen-bond donors (Lipinski definition) is 2. The first-order valence-electron chi connectivity index (χ1n) is 12.1. The van der Waals surface area contributed by atoms with Gasteiger partial charge in [-0.15, -0.1) is 0 Å². The summed E-state index contributed by atoms with van der Waals surface area (Å²) < 4.78 is 82.1. The molecule has 0 aliphatic carbocycles. The maximum absolute atomic E-state index is 14.7. The number of anilines is 1. The predicted molar refractivity (Wildman–Crippen MR) is 140 cm³/mol. The minimum atomic E-state index is -4.77. The lowest BCUT2D eigenvalue weighted by Crippen LogP contribution is -2.49. The fraction of sp³-hybridized carbons (Fsp3) is 0.458. The minimum Gasteiger partial charge on any atom is -0.348 e. The maximum atomic E-state index is 14.7. The number of rotatable bonds is 8. The highest BCUT2D eigenvalue weighted by Gasteiger charge is 2.37. The third-order valence-electron chi connectivity index (χ3n) is 6.21. The van der Waals surface area contributed by atoms with Crippen molar-refractivity contribution >= 4 is 27.6 Å². The zero-order valence-corrected chi connectivity index (χ0v) is 22.9. The molecule has 39 heavy (non-hydrogen) atoms. The van der Waals surface area contributed by atoms with Crippen molar-refractivity contribution in [3.8, 4) is 17.1 Å². The number of sulfonamides is 1. The summed E-state index contributed by atoms with van der Waals surface area (Å²) in [7, 11) is -3.57. The van der Waals surface area contributed by atoms with E-state index >= 15 is 0 Å². The Balaban J connectivity index is 1.60. The summed E-state index contributed by atoms with van der Waals surface area (Å²) in [6.45, 7) is 4.32. The average Bonchev–Trinajstić information content (AvgIpc) is 3.32. The third kappa shape index (κ3) is 7.04. The van der Waals surface area contributed by atoms with Gasteiger partial charge in [0, 0.05) is 38.1 Å². The Morgan fingerprint density at radius 2 is 1.97 bits per heavy atom. The number of nitrogens with one attached hydrogen (secondary N) is 2. The lowest BCUT2D eigenvalue weighted by atomic mass is 10.1. The topological polar surface area (TPSA) is 105 Å². The van der Waals surface area contributed by atoms with Gasteiger partial charge in [-0.3, -0.25) is 0 Å². The quantitative estimate of drug-likeness (QED) is 0.378. The van der Waals surface area contributed by atoms with Crippen molar-refractivity contribution in [3.63, 3.8) is 0 Å². The van der Waals surface area contributed by atoms with Gasteiger partial charge in [0.1, 0.15) is 29.5 Å². The Kier molecular flexibility index (Phi) is 8.50. The Morgan fingerprint density at radius 3 is 2.59 bits per heavy atom. The standard InChI is InChI=1S/C24H28ClF4N7O2S/c1-14(2)30-9-15-4-5-21(17(25)8-15)35-12-20(32-13-35)22-16(24(27,28)29)10-31-23(34-22)33-19-6-7-36(11-18(19)26)39(3,37)38/h4-5,8,10,12-14,18-19,30H,6-7,9,11H2,1-3H3,(H,31,33,34)/t18-,19-/m1/s1. The summed E-state index contributed by atoms with van der Waals surface area (Å²) in [6, 6.07) is 4.76. The van der Waals surface area contributed by atoms with E-state index in [0.717, 1.165) is 16.1 Å². The number of benzene rings is 1. The van der Waals surface area contributed by atoms with Crippen molar-refractivity contribution in [3.05, 3.63) is 53.1 Å². The van der Waals surface area contributed by atoms with E-state index in [0.29, 0.717) is 23.5 Å². The first-order valence-corrected chi connectivity index (χ1v) is 14.3. The smallest absolute Gasteiger partial charge is 0.348 e. The monoisotopic (exact) mass is 589 g/mol. The van der Waals surface area contributed by atoms with Crippen LogP contribution in [-0.2, 0) is 22.7 Å². The average molecular weight is 590 g/mol. The molecule has 3 aromatic rings. The van der Waals surface area contributed by atoms with E-state index in [1.165, 1.54) is 17.1 Å². The van der Waals surface area contributed by atoms with E-state index in [1.807, 2.05) is 19.9 Å². The first kappa shape index (κ1) is 29.2. The number of imidazole rings is 1. The second kappa shape index (κ2) is 11.4. The number of piperidine rings is 1. The molecule has 1 aliphatic heterocycles. The van der Waals surface area contributed by atoms with Crippen LogP contribution in [0.3, 0.4) is 0 Å². The maximum Gasteiger partial charge on any atom is 0.420 e. The molecule has 9 nitrogen and oxygen atoms in total. The second-order valence-electron chi connectivity index (χ2n) is 9.62. The summed E-state index contributed by atoms with van der Waals surface area (Å²) >= 11 is 6.46. The molecule has 1 aliphatic rings. The molecular formula is C24H28ClF4N7O2S. The molecule has 1 saturated heterocycles. The highest BCUT2D eigenvalue weighted by molar-refractivity contribution is 7.88. The number of hydrogen-bond acceptors (Lipinski definition) is 7. The zero-order chi connectivity index (χ0) is 28.5. The van der Waals surface area contributed by atoms with Gasteiger partial charge in [0.2, 0.25) is 16.0 Å². The van der Waals surface area contributed by atoms with Crippen molar-refractivity contribution in [2.45, 2.75) is 51.2 Å². The SMILES string of the molecule is CC(C)NCc1ccc(-n2cnc(-c3nc(N[C@@H]4CCN(S(C)(=O)=O)C[C@H]4F)ncc3C(F)(F)F)c2)c(Cl)c1. The Labute approximate surface area is 228 Å². The van der Waals surface area contributed by atoms with Crippen LogP contribution in [0, 0.1) is 0 Å². The zero-order valence-electron chi connectivity index (χ0n) is 21.4. The largest absolute Gasteiger partial charge is 0.420 e. The highest BCUT2D eigenvalue weighted by atomic mass is 35.5. The lowest BCUT2D eigenvalue weighted by molar-refractivity contribution is -0.137. The van der Waals surface area contributed by atoms with Crippen LogP contribution in [0.4, 0.5) is 23.5 Å². The molecule has 15 heteroatoms. The summed E-state index contributed by atoms with van der Waals surface area (Å²) in [5.74, 6) is -0.229. The number of aromatic nitrogens is 4. The molecule has 2 atom stereocenters. The van der Waals surface area contributed by atoms with Crippen molar-refractivity contribution in [2.24, 2.45) is 0 Å². The van der Waals surface area contributed by atoms with Gasteiger partial charge < -0.3 is 15.2 Å². The van der Waals surface area contributed by atoms with Gasteiger partial charge in [-0.2, -0.15) is 17.5 Å². The van der Waals surface area contributed by atoms with Gasteiger partial charge in [-0.25, -0.2) is 27.8 Å². The van der Waals surface area contributed by atoms with Crippen LogP contribution in [0.15, 0.2) is 36.9 Å². The molecule has 0 bridgehead atoms. The fourth-order valence-electron chi connectivity index (χ4n) is 4.13. The second-order valence-corrected chi connectivity index (χ2v) is 12.0. The van der Waals surface area contributed by atoms with Gasteiger partial charge in [0.05, 0.1) is 23.0 Å². The van der Waals surface area contributed by atoms with Gasteiger partial charge in [-0.05, 0) is 24.1 Å². The summed E-state index contributed by atoms with van der Waals surface area (Å²) in [6.07, 6.45) is -1.99. The van der Waals surface area contributed by atoms with Crippen molar-refractivity contribution in [1.82, 2.24) is 29.1 Å². The molecule has 0 saturated carbocycles. The van der Waals surface area contributed by atoms with Gasteiger partial charge in [0.15, 0.2) is 0 Å². The van der Waals surface area contributed by atoms with Crippen molar-refractivity contribution < 1.29 is 26.0 Å². The summed E-state index contributed by atoms with van der Waals surface area (Å²) in [5.41, 5.74) is -0.224. The summed E-state index contributed by atoms with van der Waals surface area (Å²) in [5, 5.41) is 6.39. The molecular weight excluding hydrogens is 562 g/mol. The molecule has 0 radical (unpaired) electrons. The fourth-order valence-corrected chi connectivity index (χ4v) is 5.28. The molecule has 0 amide bonds. The van der Waals surface area contributed by atoms with Gasteiger partial charge in [-0.1, -0.05) is 31.5 Å². The normalized spacial score (nSPS) is 19.0. The van der Waals surface area contributed by atoms with Gasteiger partial charge >= 0.3 is 6.18 Å². The molecule has 2 N–H and O–H groups in total. The van der Waals surface area contributed by atoms with E-state index in [9.17, 15) is 26.0 Å². The van der Waals surface area contributed by atoms with E-state index in [1.54, 1.807) is 12.1 Å². The highest BCUT2D eigenvalue weighted by Crippen LogP contribution is 2.36. The van der Waals surface area contributed by atoms with Crippen LogP contribution >= 0.6 is 11.6 Å². The molecule has 1 fully saturated rings. The Bertz CT molecular complexity index is 1430. The van der Waals surface area contributed by atoms with E-state index in [2.05, 4.69) is 25.6 Å². The van der Waals surface area contributed by atoms with Crippen molar-refractivity contribution in [1.29, 1.82) is 0 Å². The molecule has 1 aromatic carbocycles. The first-order chi connectivity index (χ1) is 18.2. The van der Waals surface area contributed by atoms with E-state index in [4.69, 9.17) is 11.6 Å². The Hall–Kier alpha value is -2.81. The molecule has 4 rings (SSSR count). The molecule has 3 heterocycles. The molecule has 0 spiro atoms.